The molecule has 27 heavy (non-hydrogen) atoms. The van der Waals surface area contributed by atoms with E-state index in [1.165, 1.54) is 0 Å². The van der Waals surface area contributed by atoms with Gasteiger partial charge in [0.25, 0.3) is 0 Å². The van der Waals surface area contributed by atoms with Gasteiger partial charge in [-0.1, -0.05) is 53.7 Å². The molecule has 1 unspecified atom stereocenters. The van der Waals surface area contributed by atoms with E-state index in [9.17, 15) is 4.79 Å². The lowest BCUT2D eigenvalue weighted by atomic mass is 10.2. The fraction of sp³-hybridized carbons (Fsp3) is 0.100. The third kappa shape index (κ3) is 3.77. The van der Waals surface area contributed by atoms with Crippen LogP contribution in [0.1, 0.15) is 17.3 Å². The summed E-state index contributed by atoms with van der Waals surface area (Å²) in [4.78, 5) is 16.6. The van der Waals surface area contributed by atoms with Crippen molar-refractivity contribution in [1.82, 2.24) is 25.3 Å². The van der Waals surface area contributed by atoms with Crippen molar-refractivity contribution in [1.29, 1.82) is 0 Å². The highest BCUT2D eigenvalue weighted by Gasteiger charge is 2.21. The molecule has 0 radical (unpaired) electrons. The topological polar surface area (TPSA) is 81.9 Å². The number of carbonyl (C=O) groups is 1. The molecule has 1 atom stereocenters. The van der Waals surface area contributed by atoms with Crippen molar-refractivity contribution in [2.45, 2.75) is 12.8 Å². The Morgan fingerprint density at radius 2 is 1.85 bits per heavy atom. The summed E-state index contributed by atoms with van der Waals surface area (Å²) in [6.45, 7) is 0.185. The molecule has 4 aromatic rings. The van der Waals surface area contributed by atoms with Gasteiger partial charge >= 0.3 is 6.09 Å². The summed E-state index contributed by atoms with van der Waals surface area (Å²) in [7, 11) is 0. The monoisotopic (exact) mass is 359 g/mol. The van der Waals surface area contributed by atoms with E-state index in [1.54, 1.807) is 23.1 Å². The van der Waals surface area contributed by atoms with Gasteiger partial charge in [0.05, 0.1) is 5.52 Å². The molecule has 0 aliphatic carbocycles. The largest absolute Gasteiger partial charge is 0.445 e. The van der Waals surface area contributed by atoms with Crippen LogP contribution in [0.2, 0.25) is 0 Å². The van der Waals surface area contributed by atoms with E-state index in [1.807, 2.05) is 60.7 Å². The van der Waals surface area contributed by atoms with Crippen molar-refractivity contribution >= 4 is 17.1 Å². The number of alkyl carbamates (subject to hydrolysis) is 1. The summed E-state index contributed by atoms with van der Waals surface area (Å²) >= 11 is 0. The fourth-order valence-corrected chi connectivity index (χ4v) is 2.78. The Hall–Kier alpha value is -3.74. The Labute approximate surface area is 155 Å². The molecular weight excluding hydrogens is 342 g/mol. The third-order valence-electron chi connectivity index (χ3n) is 4.09. The zero-order valence-corrected chi connectivity index (χ0v) is 14.4. The number of para-hydroxylation sites is 1. The van der Waals surface area contributed by atoms with E-state index in [-0.39, 0.29) is 6.61 Å². The number of hydrogen-bond acceptors (Lipinski definition) is 5. The molecule has 2 aromatic carbocycles. The molecule has 0 spiro atoms. The van der Waals surface area contributed by atoms with Crippen LogP contribution < -0.4 is 5.32 Å². The standard InChI is InChI=1S/C20H17N5O2/c26-20(27-14-15-7-2-1-3-8-15)22-19(16-9-6-12-21-13-16)25-18-11-5-4-10-17(18)23-24-25/h1-13,19H,14H2,(H,22,26). The minimum atomic E-state index is -0.589. The van der Waals surface area contributed by atoms with Gasteiger partial charge in [0.15, 0.2) is 6.17 Å². The first-order valence-electron chi connectivity index (χ1n) is 8.48. The number of fused-ring (bicyclic) bond motifs is 1. The highest BCUT2D eigenvalue weighted by Crippen LogP contribution is 2.19. The van der Waals surface area contributed by atoms with E-state index in [0.29, 0.717) is 0 Å². The SMILES string of the molecule is O=C(NC(c1cccnc1)n1nnc2ccccc21)OCc1ccccc1. The minimum absolute atomic E-state index is 0.185. The van der Waals surface area contributed by atoms with Crippen LogP contribution in [0, 0.1) is 0 Å². The van der Waals surface area contributed by atoms with E-state index >= 15 is 0 Å². The molecule has 1 N–H and O–H groups in total. The Bertz CT molecular complexity index is 1030. The summed E-state index contributed by atoms with van der Waals surface area (Å²) in [5.74, 6) is 0. The van der Waals surface area contributed by atoms with Gasteiger partial charge in [0.1, 0.15) is 12.1 Å². The molecule has 7 nitrogen and oxygen atoms in total. The molecule has 1 amide bonds. The van der Waals surface area contributed by atoms with Crippen LogP contribution in [0.25, 0.3) is 11.0 Å². The number of carbonyl (C=O) groups excluding carboxylic acids is 1. The molecule has 2 heterocycles. The number of benzene rings is 2. The number of hydrogen-bond donors (Lipinski definition) is 1. The fourth-order valence-electron chi connectivity index (χ4n) is 2.78. The maximum Gasteiger partial charge on any atom is 0.409 e. The number of nitrogens with one attached hydrogen (secondary N) is 1. The summed E-state index contributed by atoms with van der Waals surface area (Å²) in [5, 5.41) is 11.2. The summed E-state index contributed by atoms with van der Waals surface area (Å²) in [6, 6.07) is 20.7. The summed E-state index contributed by atoms with van der Waals surface area (Å²) < 4.78 is 7.01. The molecule has 0 aliphatic heterocycles. The second-order valence-corrected chi connectivity index (χ2v) is 5.92. The van der Waals surface area contributed by atoms with E-state index in [2.05, 4.69) is 20.6 Å². The van der Waals surface area contributed by atoms with Gasteiger partial charge in [-0.05, 0) is 23.8 Å². The summed E-state index contributed by atoms with van der Waals surface area (Å²) in [6.07, 6.45) is 2.22. The minimum Gasteiger partial charge on any atom is -0.445 e. The smallest absolute Gasteiger partial charge is 0.409 e. The molecular formula is C20H17N5O2. The average Bonchev–Trinajstić information content (AvgIpc) is 3.16. The van der Waals surface area contributed by atoms with Crippen molar-refractivity contribution in [2.75, 3.05) is 0 Å². The molecule has 0 aliphatic rings. The third-order valence-corrected chi connectivity index (χ3v) is 4.09. The molecule has 7 heteroatoms. The molecule has 0 saturated carbocycles. The van der Waals surface area contributed by atoms with Gasteiger partial charge in [0.2, 0.25) is 0 Å². The average molecular weight is 359 g/mol. The number of rotatable bonds is 5. The molecule has 0 bridgehead atoms. The maximum atomic E-state index is 12.4. The van der Waals surface area contributed by atoms with Crippen molar-refractivity contribution < 1.29 is 9.53 Å². The van der Waals surface area contributed by atoms with Crippen LogP contribution >= 0.6 is 0 Å². The predicted molar refractivity (Wildman–Crippen MR) is 99.7 cm³/mol. The van der Waals surface area contributed by atoms with Crippen molar-refractivity contribution in [2.24, 2.45) is 0 Å². The second-order valence-electron chi connectivity index (χ2n) is 5.92. The first-order chi connectivity index (χ1) is 13.3. The lowest BCUT2D eigenvalue weighted by Gasteiger charge is -2.19. The molecule has 4 rings (SSSR count). The maximum absolute atomic E-state index is 12.4. The Kier molecular flexibility index (Phi) is 4.74. The lowest BCUT2D eigenvalue weighted by Crippen LogP contribution is -2.34. The van der Waals surface area contributed by atoms with Crippen LogP contribution in [-0.2, 0) is 11.3 Å². The summed E-state index contributed by atoms with van der Waals surface area (Å²) in [5.41, 5.74) is 3.22. The van der Waals surface area contributed by atoms with E-state index in [4.69, 9.17) is 4.74 Å². The van der Waals surface area contributed by atoms with Gasteiger partial charge < -0.3 is 4.74 Å². The van der Waals surface area contributed by atoms with Crippen molar-refractivity contribution in [3.05, 3.63) is 90.3 Å². The first kappa shape index (κ1) is 16.7. The number of aromatic nitrogens is 4. The predicted octanol–water partition coefficient (Wildman–Crippen LogP) is 3.30. The van der Waals surface area contributed by atoms with Gasteiger partial charge in [-0.25, -0.2) is 9.48 Å². The highest BCUT2D eigenvalue weighted by molar-refractivity contribution is 5.75. The molecule has 0 saturated heterocycles. The number of nitrogens with zero attached hydrogens (tertiary/aromatic N) is 4. The number of ether oxygens (including phenoxy) is 1. The zero-order valence-electron chi connectivity index (χ0n) is 14.4. The number of pyridine rings is 1. The molecule has 0 fully saturated rings. The van der Waals surface area contributed by atoms with E-state index in [0.717, 1.165) is 22.2 Å². The van der Waals surface area contributed by atoms with Crippen LogP contribution in [-0.4, -0.2) is 26.1 Å². The van der Waals surface area contributed by atoms with Gasteiger partial charge in [0, 0.05) is 18.0 Å². The second kappa shape index (κ2) is 7.65. The van der Waals surface area contributed by atoms with Gasteiger partial charge in [-0.15, -0.1) is 5.10 Å². The van der Waals surface area contributed by atoms with E-state index < -0.39 is 12.3 Å². The normalized spacial score (nSPS) is 11.9. The van der Waals surface area contributed by atoms with Crippen LogP contribution in [0.3, 0.4) is 0 Å². The highest BCUT2D eigenvalue weighted by atomic mass is 16.5. The quantitative estimate of drug-likeness (QED) is 0.591. The zero-order chi connectivity index (χ0) is 18.5. The molecule has 134 valence electrons. The Morgan fingerprint density at radius 3 is 2.67 bits per heavy atom. The van der Waals surface area contributed by atoms with Crippen molar-refractivity contribution in [3.63, 3.8) is 0 Å². The lowest BCUT2D eigenvalue weighted by molar-refractivity contribution is 0.133. The number of amides is 1. The van der Waals surface area contributed by atoms with Crippen LogP contribution in [0.15, 0.2) is 79.1 Å². The molecule has 2 aromatic heterocycles. The Morgan fingerprint density at radius 1 is 1.04 bits per heavy atom. The van der Waals surface area contributed by atoms with Crippen LogP contribution in [0.5, 0.6) is 0 Å². The van der Waals surface area contributed by atoms with Crippen LogP contribution in [0.4, 0.5) is 4.79 Å². The first-order valence-corrected chi connectivity index (χ1v) is 8.48. The van der Waals surface area contributed by atoms with Crippen molar-refractivity contribution in [3.8, 4) is 0 Å². The Balaban J connectivity index is 1.58. The van der Waals surface area contributed by atoms with Gasteiger partial charge in [-0.2, -0.15) is 0 Å². The van der Waals surface area contributed by atoms with Gasteiger partial charge in [-0.3, -0.25) is 10.3 Å².